The van der Waals surface area contributed by atoms with Crippen LogP contribution in [0, 0.1) is 21.4 Å². The van der Waals surface area contributed by atoms with Crippen molar-refractivity contribution in [2.24, 2.45) is 0 Å². The van der Waals surface area contributed by atoms with Crippen molar-refractivity contribution >= 4 is 5.69 Å². The van der Waals surface area contributed by atoms with Crippen LogP contribution in [-0.4, -0.2) is 15.1 Å². The van der Waals surface area contributed by atoms with E-state index >= 15 is 0 Å². The lowest BCUT2D eigenvalue weighted by molar-refractivity contribution is -0.385. The maximum atomic E-state index is 11.7. The highest BCUT2D eigenvalue weighted by atomic mass is 16.6. The van der Waals surface area contributed by atoms with Gasteiger partial charge in [-0.05, 0) is 28.5 Å². The van der Waals surface area contributed by atoms with E-state index in [1.165, 1.54) is 6.07 Å². The minimum Gasteiger partial charge on any atom is -0.507 e. The largest absolute Gasteiger partial charge is 0.507 e. The number of fused-ring (bicyclic) bond motifs is 5. The zero-order valence-corrected chi connectivity index (χ0v) is 16.3. The van der Waals surface area contributed by atoms with Crippen LogP contribution in [0.15, 0.2) is 12.1 Å². The fourth-order valence-corrected chi connectivity index (χ4v) is 4.05. The van der Waals surface area contributed by atoms with E-state index in [-0.39, 0.29) is 11.3 Å². The quantitative estimate of drug-likeness (QED) is 0.459. The summed E-state index contributed by atoms with van der Waals surface area (Å²) >= 11 is 0. The van der Waals surface area contributed by atoms with Crippen LogP contribution in [0.25, 0.3) is 22.3 Å². The lowest BCUT2D eigenvalue weighted by Crippen LogP contribution is -2.19. The van der Waals surface area contributed by atoms with Crippen molar-refractivity contribution in [1.82, 2.24) is 0 Å². The molecule has 0 heterocycles. The van der Waals surface area contributed by atoms with Crippen LogP contribution < -0.4 is 0 Å². The van der Waals surface area contributed by atoms with Crippen LogP contribution in [-0.2, 0) is 10.8 Å². The lowest BCUT2D eigenvalue weighted by atomic mass is 9.75. The Kier molecular flexibility index (Phi) is 3.79. The molecule has 0 radical (unpaired) electrons. The topological polar surface area (TPSA) is 107 Å². The van der Waals surface area contributed by atoms with E-state index in [0.717, 1.165) is 0 Å². The summed E-state index contributed by atoms with van der Waals surface area (Å²) in [6.07, 6.45) is 0. The highest BCUT2D eigenvalue weighted by Gasteiger charge is 2.43. The molecule has 1 aliphatic rings. The maximum Gasteiger partial charge on any atom is 0.319 e. The summed E-state index contributed by atoms with van der Waals surface area (Å²) < 4.78 is 0. The summed E-state index contributed by atoms with van der Waals surface area (Å²) in [5.41, 5.74) is 1.45. The number of nitrogens with zero attached hydrogens (tertiary/aromatic N) is 2. The molecule has 6 nitrogen and oxygen atoms in total. The third-order valence-electron chi connectivity index (χ3n) is 4.94. The van der Waals surface area contributed by atoms with Crippen molar-refractivity contribution in [3.05, 3.63) is 38.9 Å². The van der Waals surface area contributed by atoms with Gasteiger partial charge < -0.3 is 10.2 Å². The van der Waals surface area contributed by atoms with Crippen LogP contribution in [0.2, 0.25) is 0 Å². The van der Waals surface area contributed by atoms with Crippen LogP contribution in [0.4, 0.5) is 5.69 Å². The number of benzene rings is 2. The van der Waals surface area contributed by atoms with E-state index < -0.39 is 27.2 Å². The number of phenolic OH excluding ortho intramolecular Hbond substituents is 2. The predicted molar refractivity (Wildman–Crippen MR) is 103 cm³/mol. The van der Waals surface area contributed by atoms with Crippen LogP contribution in [0.3, 0.4) is 0 Å². The molecule has 3 rings (SSSR count). The zero-order chi connectivity index (χ0) is 20.5. The van der Waals surface area contributed by atoms with Crippen LogP contribution in [0.1, 0.15) is 58.2 Å². The second kappa shape index (κ2) is 5.46. The van der Waals surface area contributed by atoms with Crippen molar-refractivity contribution in [3.63, 3.8) is 0 Å². The third kappa shape index (κ3) is 2.46. The molecule has 27 heavy (non-hydrogen) atoms. The standard InChI is InChI=1S/C21H22N2O4/c1-20(2,3)16-13-10-7-8-12(24)18(23(26)27)15(10)14(11(13)9-22)17(19(16)25)21(4,5)6/h7-8,24-25H,1-6H3. The second-order valence-electron chi connectivity index (χ2n) is 8.95. The molecule has 6 heteroatoms. The zero-order valence-electron chi connectivity index (χ0n) is 16.3. The van der Waals surface area contributed by atoms with Gasteiger partial charge in [-0.1, -0.05) is 41.5 Å². The number of nitro benzene ring substituents is 1. The van der Waals surface area contributed by atoms with Gasteiger partial charge in [-0.25, -0.2) is 0 Å². The molecule has 0 atom stereocenters. The maximum absolute atomic E-state index is 11.7. The molecule has 0 amide bonds. The molecule has 2 aromatic carbocycles. The minimum atomic E-state index is -0.633. The average molecular weight is 366 g/mol. The number of aromatic hydroxyl groups is 2. The Labute approximate surface area is 157 Å². The van der Waals surface area contributed by atoms with Crippen molar-refractivity contribution in [3.8, 4) is 39.8 Å². The molecule has 0 saturated carbocycles. The Morgan fingerprint density at radius 3 is 1.93 bits per heavy atom. The Morgan fingerprint density at radius 1 is 0.963 bits per heavy atom. The first-order chi connectivity index (χ1) is 12.3. The molecule has 140 valence electrons. The van der Waals surface area contributed by atoms with Gasteiger partial charge in [-0.3, -0.25) is 10.1 Å². The molecule has 0 unspecified atom stereocenters. The molecule has 0 spiro atoms. The van der Waals surface area contributed by atoms with E-state index in [2.05, 4.69) is 6.07 Å². The smallest absolute Gasteiger partial charge is 0.319 e. The minimum absolute atomic E-state index is 0.0592. The highest BCUT2D eigenvalue weighted by molar-refractivity contribution is 6.07. The average Bonchev–Trinajstić information content (AvgIpc) is 2.72. The number of hydrogen-bond donors (Lipinski definition) is 2. The summed E-state index contributed by atoms with van der Waals surface area (Å²) in [5, 5.41) is 43.0. The monoisotopic (exact) mass is 366 g/mol. The fraction of sp³-hybridized carbons (Fsp3) is 0.381. The number of phenols is 2. The van der Waals surface area contributed by atoms with E-state index in [0.29, 0.717) is 33.4 Å². The van der Waals surface area contributed by atoms with Gasteiger partial charge in [-0.2, -0.15) is 5.26 Å². The van der Waals surface area contributed by atoms with E-state index in [1.807, 2.05) is 41.5 Å². The molecule has 0 aliphatic heterocycles. The molecule has 2 N–H and O–H groups in total. The third-order valence-corrected chi connectivity index (χ3v) is 4.94. The Balaban J connectivity index is 2.69. The Hall–Kier alpha value is -3.07. The van der Waals surface area contributed by atoms with E-state index in [9.17, 15) is 25.6 Å². The summed E-state index contributed by atoms with van der Waals surface area (Å²) in [7, 11) is 0. The predicted octanol–water partition coefficient (Wildman–Crippen LogP) is 5.12. The Morgan fingerprint density at radius 2 is 1.48 bits per heavy atom. The summed E-state index contributed by atoms with van der Waals surface area (Å²) in [6.45, 7) is 11.4. The number of nitro groups is 1. The van der Waals surface area contributed by atoms with Crippen molar-refractivity contribution < 1.29 is 15.1 Å². The SMILES string of the molecule is CC(C)(C)c1c(O)c(C(C)(C)C)c2c(C#N)c1-c1ccc(O)c([N+](=O)[O-])c1-2. The van der Waals surface area contributed by atoms with Gasteiger partial charge in [-0.15, -0.1) is 0 Å². The van der Waals surface area contributed by atoms with Gasteiger partial charge in [0.1, 0.15) is 11.8 Å². The molecule has 0 aromatic heterocycles. The van der Waals surface area contributed by atoms with Crippen LogP contribution in [0.5, 0.6) is 11.5 Å². The summed E-state index contributed by atoms with van der Waals surface area (Å²) in [4.78, 5) is 11.1. The molecule has 2 aromatic rings. The molecular weight excluding hydrogens is 344 g/mol. The lowest BCUT2D eigenvalue weighted by Gasteiger charge is -2.29. The van der Waals surface area contributed by atoms with Crippen molar-refractivity contribution in [2.45, 2.75) is 52.4 Å². The second-order valence-corrected chi connectivity index (χ2v) is 8.95. The summed E-state index contributed by atoms with van der Waals surface area (Å²) in [6, 6.07) is 5.05. The highest BCUT2D eigenvalue weighted by Crippen LogP contribution is 2.60. The summed E-state index contributed by atoms with van der Waals surface area (Å²) in [5.74, 6) is -0.397. The molecule has 2 bridgehead atoms. The van der Waals surface area contributed by atoms with E-state index in [4.69, 9.17) is 0 Å². The molecule has 0 fully saturated rings. The van der Waals surface area contributed by atoms with Crippen LogP contribution >= 0.6 is 0 Å². The number of hydrogen-bond acceptors (Lipinski definition) is 5. The molecular formula is C21H22N2O4. The van der Waals surface area contributed by atoms with Gasteiger partial charge in [0.05, 0.1) is 16.1 Å². The van der Waals surface area contributed by atoms with Gasteiger partial charge in [0.2, 0.25) is 0 Å². The van der Waals surface area contributed by atoms with Gasteiger partial charge >= 0.3 is 5.69 Å². The van der Waals surface area contributed by atoms with E-state index in [1.54, 1.807) is 6.07 Å². The fourth-order valence-electron chi connectivity index (χ4n) is 4.05. The normalized spacial score (nSPS) is 12.6. The number of rotatable bonds is 1. The van der Waals surface area contributed by atoms with Crippen molar-refractivity contribution in [1.29, 1.82) is 5.26 Å². The first-order valence-corrected chi connectivity index (χ1v) is 8.67. The van der Waals surface area contributed by atoms with Gasteiger partial charge in [0.15, 0.2) is 5.75 Å². The molecule has 0 saturated heterocycles. The van der Waals surface area contributed by atoms with Gasteiger partial charge in [0.25, 0.3) is 0 Å². The Bertz CT molecular complexity index is 1050. The molecule has 1 aliphatic carbocycles. The number of nitriles is 1. The first kappa shape index (κ1) is 18.7. The van der Waals surface area contributed by atoms with Crippen molar-refractivity contribution in [2.75, 3.05) is 0 Å². The first-order valence-electron chi connectivity index (χ1n) is 8.67. The van der Waals surface area contributed by atoms with Gasteiger partial charge in [0, 0.05) is 22.3 Å².